The Kier molecular flexibility index (Phi) is 4.37. The van der Waals surface area contributed by atoms with E-state index in [9.17, 15) is 0 Å². The second-order valence-electron chi connectivity index (χ2n) is 10.1. The van der Waals surface area contributed by atoms with Crippen molar-refractivity contribution in [1.82, 2.24) is 19.9 Å². The quantitative estimate of drug-likeness (QED) is 0.269. The first-order chi connectivity index (χ1) is 17.0. The lowest BCUT2D eigenvalue weighted by Crippen LogP contribution is -1.88. The first kappa shape index (κ1) is 20.7. The summed E-state index contributed by atoms with van der Waals surface area (Å²) in [5.41, 5.74) is 6.82. The van der Waals surface area contributed by atoms with Gasteiger partial charge in [0.2, 0.25) is 0 Å². The zero-order valence-electron chi connectivity index (χ0n) is 20.2. The van der Waals surface area contributed by atoms with Crippen LogP contribution in [0.5, 0.6) is 0 Å². The topological polar surface area (TPSA) is 57.4 Å². The van der Waals surface area contributed by atoms with Crippen LogP contribution in [0.3, 0.4) is 0 Å². The molecule has 0 bridgehead atoms. The number of hydrogen-bond donors (Lipinski definition) is 2. The number of imidazole rings is 2. The van der Waals surface area contributed by atoms with Gasteiger partial charge in [0.25, 0.3) is 0 Å². The van der Waals surface area contributed by atoms with E-state index in [0.717, 1.165) is 33.7 Å². The Bertz CT molecular complexity index is 1920. The maximum Gasteiger partial charge on any atom is 0.109 e. The van der Waals surface area contributed by atoms with Crippen LogP contribution >= 0.6 is 11.3 Å². The molecule has 7 rings (SSSR count). The van der Waals surface area contributed by atoms with Crippen LogP contribution in [-0.2, 0) is 0 Å². The second kappa shape index (κ2) is 7.40. The molecule has 0 saturated carbocycles. The van der Waals surface area contributed by atoms with Gasteiger partial charge in [0.1, 0.15) is 17.2 Å². The molecule has 0 amide bonds. The molecular formula is C30H26N4S. The van der Waals surface area contributed by atoms with Gasteiger partial charge in [-0.3, -0.25) is 0 Å². The normalized spacial score (nSPS) is 12.5. The highest BCUT2D eigenvalue weighted by Gasteiger charge is 2.15. The molecule has 0 fully saturated rings. The minimum atomic E-state index is 0.379. The lowest BCUT2D eigenvalue weighted by molar-refractivity contribution is 0.799. The van der Waals surface area contributed by atoms with E-state index in [4.69, 9.17) is 9.97 Å². The van der Waals surface area contributed by atoms with Crippen LogP contribution in [0.2, 0.25) is 0 Å². The van der Waals surface area contributed by atoms with Crippen molar-refractivity contribution in [1.29, 1.82) is 0 Å². The van der Waals surface area contributed by atoms with E-state index < -0.39 is 0 Å². The second-order valence-corrected chi connectivity index (χ2v) is 11.2. The number of nitrogens with zero attached hydrogens (tertiary/aromatic N) is 2. The number of H-pyrrole nitrogens is 2. The Labute approximate surface area is 207 Å². The van der Waals surface area contributed by atoms with Gasteiger partial charge < -0.3 is 9.97 Å². The van der Waals surface area contributed by atoms with Crippen LogP contribution in [0.4, 0.5) is 0 Å². The molecule has 2 N–H and O–H groups in total. The first-order valence-electron chi connectivity index (χ1n) is 12.2. The predicted octanol–water partition coefficient (Wildman–Crippen LogP) is 8.87. The maximum atomic E-state index is 4.93. The van der Waals surface area contributed by atoms with Crippen LogP contribution in [0.15, 0.2) is 60.7 Å². The Hall–Kier alpha value is -3.70. The van der Waals surface area contributed by atoms with E-state index in [1.165, 1.54) is 42.1 Å². The van der Waals surface area contributed by atoms with Crippen molar-refractivity contribution in [2.45, 2.75) is 39.5 Å². The third-order valence-corrected chi connectivity index (χ3v) is 8.20. The minimum Gasteiger partial charge on any atom is -0.342 e. The van der Waals surface area contributed by atoms with Crippen LogP contribution < -0.4 is 0 Å². The monoisotopic (exact) mass is 474 g/mol. The molecule has 7 aromatic rings. The highest BCUT2D eigenvalue weighted by atomic mass is 32.1. The third-order valence-electron chi connectivity index (χ3n) is 7.02. The average molecular weight is 475 g/mol. The van der Waals surface area contributed by atoms with Crippen molar-refractivity contribution in [2.24, 2.45) is 0 Å². The zero-order chi connectivity index (χ0) is 23.8. The number of benzene rings is 4. The number of aromatic amines is 2. The van der Waals surface area contributed by atoms with Crippen molar-refractivity contribution >= 4 is 64.3 Å². The Morgan fingerprint density at radius 1 is 0.629 bits per heavy atom. The Morgan fingerprint density at radius 2 is 1.23 bits per heavy atom. The summed E-state index contributed by atoms with van der Waals surface area (Å²) in [5.74, 6) is 2.85. The van der Waals surface area contributed by atoms with Gasteiger partial charge >= 0.3 is 0 Å². The van der Waals surface area contributed by atoms with E-state index in [1.54, 1.807) is 0 Å². The molecule has 0 radical (unpaired) electrons. The summed E-state index contributed by atoms with van der Waals surface area (Å²) in [6, 6.07) is 22.3. The van der Waals surface area contributed by atoms with Crippen molar-refractivity contribution in [2.75, 3.05) is 0 Å². The summed E-state index contributed by atoms with van der Waals surface area (Å²) in [6.07, 6.45) is 0. The van der Waals surface area contributed by atoms with Gasteiger partial charge in [-0.25, -0.2) is 9.97 Å². The summed E-state index contributed by atoms with van der Waals surface area (Å²) in [6.45, 7) is 8.69. The number of fused-ring (bicyclic) bond motifs is 8. The molecule has 0 aliphatic rings. The van der Waals surface area contributed by atoms with Gasteiger partial charge in [0.05, 0.1) is 21.3 Å². The van der Waals surface area contributed by atoms with Crippen LogP contribution in [0.1, 0.15) is 51.2 Å². The molecule has 172 valence electrons. The zero-order valence-corrected chi connectivity index (χ0v) is 21.0. The van der Waals surface area contributed by atoms with E-state index >= 15 is 0 Å². The van der Waals surface area contributed by atoms with Crippen molar-refractivity contribution < 1.29 is 0 Å². The van der Waals surface area contributed by atoms with Crippen LogP contribution in [0.25, 0.3) is 64.1 Å². The molecule has 3 heterocycles. The Balaban J connectivity index is 1.37. The van der Waals surface area contributed by atoms with Gasteiger partial charge in [0, 0.05) is 32.7 Å². The highest BCUT2D eigenvalue weighted by molar-refractivity contribution is 7.26. The van der Waals surface area contributed by atoms with Gasteiger partial charge in [-0.1, -0.05) is 64.1 Å². The molecule has 5 heteroatoms. The number of thiophene rings is 1. The minimum absolute atomic E-state index is 0.379. The van der Waals surface area contributed by atoms with Gasteiger partial charge in [-0.15, -0.1) is 11.3 Å². The molecule has 0 spiro atoms. The number of hydrogen-bond acceptors (Lipinski definition) is 3. The molecule has 0 aliphatic heterocycles. The lowest BCUT2D eigenvalue weighted by Gasteiger charge is -2.05. The maximum absolute atomic E-state index is 4.93. The van der Waals surface area contributed by atoms with E-state index in [0.29, 0.717) is 11.8 Å². The molecule has 3 aromatic heterocycles. The number of nitrogens with one attached hydrogen (secondary N) is 2. The van der Waals surface area contributed by atoms with Crippen LogP contribution in [0, 0.1) is 0 Å². The summed E-state index contributed by atoms with van der Waals surface area (Å²) in [4.78, 5) is 16.8. The fourth-order valence-corrected chi connectivity index (χ4v) is 6.29. The smallest absolute Gasteiger partial charge is 0.109 e. The van der Waals surface area contributed by atoms with Gasteiger partial charge in [0.15, 0.2) is 0 Å². The van der Waals surface area contributed by atoms with Gasteiger partial charge in [-0.2, -0.15) is 0 Å². The molecule has 0 aliphatic carbocycles. The standard InChI is InChI=1S/C30H26N4S/c1-15(2)29-31-23-11-7-19-13-17(5-8-20(19)26(23)33-29)18-6-9-21-22-10-12-24-27(28(22)35-25(21)14-18)34-30(32-24)16(3)4/h5-16H,1-4H3,(H,31,33)(H,32,34). The summed E-state index contributed by atoms with van der Waals surface area (Å²) in [5, 5.41) is 4.99. The summed E-state index contributed by atoms with van der Waals surface area (Å²) in [7, 11) is 0. The molecule has 0 unspecified atom stereocenters. The molecule has 0 saturated heterocycles. The van der Waals surface area contributed by atoms with Crippen molar-refractivity contribution in [3.8, 4) is 11.1 Å². The molecule has 4 nitrogen and oxygen atoms in total. The third kappa shape index (κ3) is 3.11. The lowest BCUT2D eigenvalue weighted by atomic mass is 9.99. The highest BCUT2D eigenvalue weighted by Crippen LogP contribution is 2.40. The molecule has 35 heavy (non-hydrogen) atoms. The predicted molar refractivity (Wildman–Crippen MR) is 150 cm³/mol. The molecular weight excluding hydrogens is 448 g/mol. The van der Waals surface area contributed by atoms with Crippen molar-refractivity contribution in [3.05, 3.63) is 72.3 Å². The Morgan fingerprint density at radius 3 is 1.97 bits per heavy atom. The summed E-state index contributed by atoms with van der Waals surface area (Å²) < 4.78 is 2.56. The van der Waals surface area contributed by atoms with Crippen molar-refractivity contribution in [3.63, 3.8) is 0 Å². The number of rotatable bonds is 3. The SMILES string of the molecule is CC(C)c1nc2c(ccc3cc(-c4ccc5c(c4)sc4c5ccc5[nH]c(C(C)C)nc54)ccc32)[nH]1. The van der Waals surface area contributed by atoms with E-state index in [-0.39, 0.29) is 0 Å². The largest absolute Gasteiger partial charge is 0.342 e. The first-order valence-corrected chi connectivity index (χ1v) is 13.1. The number of aromatic nitrogens is 4. The fourth-order valence-electron chi connectivity index (χ4n) is 5.05. The average Bonchev–Trinajstić information content (AvgIpc) is 3.57. The molecule has 0 atom stereocenters. The van der Waals surface area contributed by atoms with E-state index in [1.807, 2.05) is 11.3 Å². The summed E-state index contributed by atoms with van der Waals surface area (Å²) >= 11 is 1.84. The van der Waals surface area contributed by atoms with Crippen LogP contribution in [-0.4, -0.2) is 19.9 Å². The van der Waals surface area contributed by atoms with Gasteiger partial charge in [-0.05, 0) is 40.8 Å². The fraction of sp³-hybridized carbons (Fsp3) is 0.200. The van der Waals surface area contributed by atoms with E-state index in [2.05, 4.69) is 98.3 Å². The molecule has 4 aromatic carbocycles.